The molecule has 0 aromatic carbocycles. The van der Waals surface area contributed by atoms with Crippen LogP contribution in [-0.4, -0.2) is 32.7 Å². The van der Waals surface area contributed by atoms with Crippen molar-refractivity contribution in [3.05, 3.63) is 0 Å². The van der Waals surface area contributed by atoms with Crippen LogP contribution in [0.3, 0.4) is 0 Å². The van der Waals surface area contributed by atoms with E-state index in [4.69, 9.17) is 14.2 Å². The summed E-state index contributed by atoms with van der Waals surface area (Å²) in [6.45, 7) is 5.50. The first-order valence-corrected chi connectivity index (χ1v) is 5.74. The largest absolute Gasteiger partial charge is 0.381 e. The lowest BCUT2D eigenvalue weighted by Crippen LogP contribution is -2.26. The molecule has 1 aliphatic rings. The van der Waals surface area contributed by atoms with E-state index in [0.717, 1.165) is 39.3 Å². The molecule has 1 aliphatic heterocycles. The van der Waals surface area contributed by atoms with Gasteiger partial charge in [-0.05, 0) is 12.8 Å². The van der Waals surface area contributed by atoms with Gasteiger partial charge in [-0.25, -0.2) is 0 Å². The molecule has 0 bridgehead atoms. The van der Waals surface area contributed by atoms with E-state index in [9.17, 15) is 0 Å². The van der Waals surface area contributed by atoms with Gasteiger partial charge in [0.1, 0.15) is 0 Å². The van der Waals surface area contributed by atoms with Crippen LogP contribution < -0.4 is 0 Å². The Morgan fingerprint density at radius 1 is 1.14 bits per heavy atom. The highest BCUT2D eigenvalue weighted by Gasteiger charge is 2.13. The SMILES string of the molecule is CCCCCOCCC1OCCCO1. The molecule has 0 saturated carbocycles. The van der Waals surface area contributed by atoms with Crippen LogP contribution in [0, 0.1) is 0 Å². The fourth-order valence-electron chi connectivity index (χ4n) is 1.44. The molecule has 3 nitrogen and oxygen atoms in total. The second kappa shape index (κ2) is 8.21. The number of hydrogen-bond acceptors (Lipinski definition) is 3. The first kappa shape index (κ1) is 12.0. The van der Waals surface area contributed by atoms with Crippen LogP contribution in [0.15, 0.2) is 0 Å². The van der Waals surface area contributed by atoms with Crippen LogP contribution >= 0.6 is 0 Å². The maximum Gasteiger partial charge on any atom is 0.159 e. The van der Waals surface area contributed by atoms with Crippen LogP contribution in [0.1, 0.15) is 39.0 Å². The number of ether oxygens (including phenoxy) is 3. The molecule has 14 heavy (non-hydrogen) atoms. The van der Waals surface area contributed by atoms with Crippen LogP contribution in [0.4, 0.5) is 0 Å². The average Bonchev–Trinajstić information content (AvgIpc) is 2.25. The summed E-state index contributed by atoms with van der Waals surface area (Å²) in [5, 5.41) is 0. The van der Waals surface area contributed by atoms with E-state index in [-0.39, 0.29) is 6.29 Å². The van der Waals surface area contributed by atoms with Crippen LogP contribution in [0.5, 0.6) is 0 Å². The zero-order chi connectivity index (χ0) is 10.1. The van der Waals surface area contributed by atoms with Crippen molar-refractivity contribution in [1.29, 1.82) is 0 Å². The summed E-state index contributed by atoms with van der Waals surface area (Å²) < 4.78 is 16.3. The average molecular weight is 202 g/mol. The van der Waals surface area contributed by atoms with Gasteiger partial charge in [-0.2, -0.15) is 0 Å². The van der Waals surface area contributed by atoms with Gasteiger partial charge in [0.25, 0.3) is 0 Å². The van der Waals surface area contributed by atoms with Gasteiger partial charge in [-0.3, -0.25) is 0 Å². The van der Waals surface area contributed by atoms with Gasteiger partial charge in [0.05, 0.1) is 19.8 Å². The summed E-state index contributed by atoms with van der Waals surface area (Å²) >= 11 is 0. The van der Waals surface area contributed by atoms with E-state index in [1.54, 1.807) is 0 Å². The molecule has 0 spiro atoms. The molecule has 0 N–H and O–H groups in total. The fraction of sp³-hybridized carbons (Fsp3) is 1.00. The van der Waals surface area contributed by atoms with E-state index in [1.165, 1.54) is 19.3 Å². The van der Waals surface area contributed by atoms with Crippen molar-refractivity contribution in [3.63, 3.8) is 0 Å². The summed E-state index contributed by atoms with van der Waals surface area (Å²) in [5.41, 5.74) is 0. The Balaban J connectivity index is 1.82. The Morgan fingerprint density at radius 3 is 2.64 bits per heavy atom. The van der Waals surface area contributed by atoms with Crippen molar-refractivity contribution in [2.45, 2.75) is 45.3 Å². The van der Waals surface area contributed by atoms with Crippen molar-refractivity contribution in [3.8, 4) is 0 Å². The van der Waals surface area contributed by atoms with Crippen molar-refractivity contribution in [2.24, 2.45) is 0 Å². The smallest absolute Gasteiger partial charge is 0.159 e. The normalized spacial score (nSPS) is 18.6. The molecule has 0 unspecified atom stereocenters. The first-order chi connectivity index (χ1) is 6.93. The lowest BCUT2D eigenvalue weighted by Gasteiger charge is -2.22. The molecular weight excluding hydrogens is 180 g/mol. The minimum atomic E-state index is -0.0186. The fourth-order valence-corrected chi connectivity index (χ4v) is 1.44. The Labute approximate surface area is 86.7 Å². The van der Waals surface area contributed by atoms with Crippen LogP contribution in [0.2, 0.25) is 0 Å². The van der Waals surface area contributed by atoms with Crippen molar-refractivity contribution in [2.75, 3.05) is 26.4 Å². The molecule has 1 rings (SSSR count). The molecular formula is C11H22O3. The van der Waals surface area contributed by atoms with Gasteiger partial charge >= 0.3 is 0 Å². The predicted octanol–water partition coefficient (Wildman–Crippen LogP) is 2.35. The Hall–Kier alpha value is -0.120. The molecule has 1 heterocycles. The molecule has 0 amide bonds. The molecule has 0 atom stereocenters. The third-order valence-electron chi connectivity index (χ3n) is 2.29. The monoisotopic (exact) mass is 202 g/mol. The molecule has 1 saturated heterocycles. The number of unbranched alkanes of at least 4 members (excludes halogenated alkanes) is 2. The number of hydrogen-bond donors (Lipinski definition) is 0. The highest BCUT2D eigenvalue weighted by molar-refractivity contribution is 4.51. The van der Waals surface area contributed by atoms with Gasteiger partial charge < -0.3 is 14.2 Å². The van der Waals surface area contributed by atoms with E-state index in [1.807, 2.05) is 0 Å². The van der Waals surface area contributed by atoms with Gasteiger partial charge in [0, 0.05) is 13.0 Å². The zero-order valence-corrected chi connectivity index (χ0v) is 9.17. The standard InChI is InChI=1S/C11H22O3/c1-2-3-4-7-12-10-6-11-13-8-5-9-14-11/h11H,2-10H2,1H3. The summed E-state index contributed by atoms with van der Waals surface area (Å²) in [6.07, 6.45) is 5.55. The summed E-state index contributed by atoms with van der Waals surface area (Å²) in [5.74, 6) is 0. The first-order valence-electron chi connectivity index (χ1n) is 5.74. The third kappa shape index (κ3) is 5.58. The number of rotatable bonds is 7. The molecule has 84 valence electrons. The summed E-state index contributed by atoms with van der Waals surface area (Å²) in [4.78, 5) is 0. The van der Waals surface area contributed by atoms with Crippen molar-refractivity contribution < 1.29 is 14.2 Å². The summed E-state index contributed by atoms with van der Waals surface area (Å²) in [6, 6.07) is 0. The maximum atomic E-state index is 5.48. The highest BCUT2D eigenvalue weighted by Crippen LogP contribution is 2.08. The lowest BCUT2D eigenvalue weighted by molar-refractivity contribution is -0.186. The molecule has 0 radical (unpaired) electrons. The lowest BCUT2D eigenvalue weighted by atomic mass is 10.3. The van der Waals surface area contributed by atoms with Gasteiger partial charge in [0.15, 0.2) is 6.29 Å². The van der Waals surface area contributed by atoms with E-state index >= 15 is 0 Å². The second-order valence-corrected chi connectivity index (χ2v) is 3.63. The predicted molar refractivity (Wildman–Crippen MR) is 55.3 cm³/mol. The summed E-state index contributed by atoms with van der Waals surface area (Å²) in [7, 11) is 0. The van der Waals surface area contributed by atoms with Gasteiger partial charge in [-0.1, -0.05) is 19.8 Å². The molecule has 3 heteroatoms. The topological polar surface area (TPSA) is 27.7 Å². The minimum absolute atomic E-state index is 0.0186. The molecule has 0 aromatic heterocycles. The van der Waals surface area contributed by atoms with Crippen molar-refractivity contribution in [1.82, 2.24) is 0 Å². The third-order valence-corrected chi connectivity index (χ3v) is 2.29. The minimum Gasteiger partial charge on any atom is -0.381 e. The Kier molecular flexibility index (Phi) is 7.01. The highest BCUT2D eigenvalue weighted by atomic mass is 16.7. The maximum absolute atomic E-state index is 5.48. The van der Waals surface area contributed by atoms with Gasteiger partial charge in [-0.15, -0.1) is 0 Å². The molecule has 1 fully saturated rings. The Morgan fingerprint density at radius 2 is 1.93 bits per heavy atom. The van der Waals surface area contributed by atoms with Crippen molar-refractivity contribution >= 4 is 0 Å². The van der Waals surface area contributed by atoms with E-state index in [0.29, 0.717) is 0 Å². The second-order valence-electron chi connectivity index (χ2n) is 3.63. The van der Waals surface area contributed by atoms with Crippen LogP contribution in [0.25, 0.3) is 0 Å². The van der Waals surface area contributed by atoms with E-state index < -0.39 is 0 Å². The van der Waals surface area contributed by atoms with Crippen LogP contribution in [-0.2, 0) is 14.2 Å². The quantitative estimate of drug-likeness (QED) is 0.593. The molecule has 0 aromatic rings. The zero-order valence-electron chi connectivity index (χ0n) is 9.17. The van der Waals surface area contributed by atoms with Gasteiger partial charge in [0.2, 0.25) is 0 Å². The molecule has 0 aliphatic carbocycles. The van der Waals surface area contributed by atoms with E-state index in [2.05, 4.69) is 6.92 Å². The Bertz CT molecular complexity index is 122.